The Bertz CT molecular complexity index is 586. The largest absolute Gasteiger partial charge is 0.368 e. The van der Waals surface area contributed by atoms with E-state index in [0.717, 1.165) is 51.3 Å². The van der Waals surface area contributed by atoms with E-state index in [0.29, 0.717) is 12.0 Å². The van der Waals surface area contributed by atoms with Crippen molar-refractivity contribution in [2.75, 3.05) is 26.2 Å². The molecule has 2 heterocycles. The number of rotatable bonds is 6. The molecule has 4 nitrogen and oxygen atoms in total. The van der Waals surface area contributed by atoms with Crippen molar-refractivity contribution < 1.29 is 9.53 Å². The third-order valence-corrected chi connectivity index (χ3v) is 6.81. The Balaban J connectivity index is 1.29. The number of nitrogens with one attached hydrogen (secondary N) is 1. The van der Waals surface area contributed by atoms with Crippen molar-refractivity contribution in [1.82, 2.24) is 10.2 Å². The quantitative estimate of drug-likeness (QED) is 0.830. The van der Waals surface area contributed by atoms with Crippen molar-refractivity contribution in [1.29, 1.82) is 0 Å². The van der Waals surface area contributed by atoms with Gasteiger partial charge in [0.25, 0.3) is 0 Å². The molecule has 1 N–H and O–H groups in total. The number of benzene rings is 1. The highest BCUT2D eigenvalue weighted by Gasteiger charge is 2.31. The maximum absolute atomic E-state index is 12.3. The zero-order chi connectivity index (χ0) is 18.5. The van der Waals surface area contributed by atoms with E-state index < -0.39 is 0 Å². The molecule has 1 aromatic rings. The van der Waals surface area contributed by atoms with Crippen molar-refractivity contribution in [3.05, 3.63) is 35.9 Å². The highest BCUT2D eigenvalue weighted by Crippen LogP contribution is 2.38. The van der Waals surface area contributed by atoms with E-state index in [1.54, 1.807) is 0 Å². The molecule has 4 heteroatoms. The van der Waals surface area contributed by atoms with E-state index in [1.165, 1.54) is 37.8 Å². The molecule has 1 saturated carbocycles. The van der Waals surface area contributed by atoms with Gasteiger partial charge in [0.2, 0.25) is 5.91 Å². The normalized spacial score (nSPS) is 26.3. The van der Waals surface area contributed by atoms with Crippen molar-refractivity contribution in [2.45, 2.75) is 69.4 Å². The Morgan fingerprint density at radius 2 is 1.78 bits per heavy atom. The first-order valence-electron chi connectivity index (χ1n) is 11.0. The third kappa shape index (κ3) is 4.91. The number of hydrogen-bond donors (Lipinski definition) is 1. The molecule has 1 aliphatic carbocycles. The lowest BCUT2D eigenvalue weighted by Crippen LogP contribution is -2.48. The summed E-state index contributed by atoms with van der Waals surface area (Å²) < 4.78 is 5.51. The fraction of sp³-hybridized carbons (Fsp3) is 0.696. The number of carbonyl (C=O) groups excluding carboxylic acids is 1. The summed E-state index contributed by atoms with van der Waals surface area (Å²) in [5, 5.41) is 3.23. The van der Waals surface area contributed by atoms with Gasteiger partial charge in [-0.05, 0) is 55.9 Å². The van der Waals surface area contributed by atoms with Gasteiger partial charge in [-0.1, -0.05) is 43.2 Å². The van der Waals surface area contributed by atoms with Gasteiger partial charge in [-0.3, -0.25) is 4.79 Å². The average molecular weight is 371 g/mol. The van der Waals surface area contributed by atoms with Crippen molar-refractivity contribution >= 4 is 5.91 Å². The fourth-order valence-corrected chi connectivity index (χ4v) is 5.20. The van der Waals surface area contributed by atoms with Gasteiger partial charge < -0.3 is 15.0 Å². The molecular weight excluding hydrogens is 336 g/mol. The van der Waals surface area contributed by atoms with Crippen LogP contribution >= 0.6 is 0 Å². The van der Waals surface area contributed by atoms with E-state index >= 15 is 0 Å². The molecule has 1 amide bonds. The second-order valence-corrected chi connectivity index (χ2v) is 8.65. The second kappa shape index (κ2) is 9.20. The molecule has 2 saturated heterocycles. The molecule has 0 spiro atoms. The molecule has 3 aliphatic rings. The molecule has 0 radical (unpaired) electrons. The summed E-state index contributed by atoms with van der Waals surface area (Å²) >= 11 is 0. The Morgan fingerprint density at radius 3 is 2.44 bits per heavy atom. The van der Waals surface area contributed by atoms with E-state index in [4.69, 9.17) is 4.74 Å². The van der Waals surface area contributed by atoms with E-state index in [2.05, 4.69) is 40.5 Å². The number of carbonyl (C=O) groups is 1. The molecule has 3 fully saturated rings. The summed E-state index contributed by atoms with van der Waals surface area (Å²) in [5.74, 6) is 1.61. The minimum absolute atomic E-state index is 0.110. The van der Waals surface area contributed by atoms with E-state index in [-0.39, 0.29) is 12.0 Å². The molecule has 0 unspecified atom stereocenters. The standard InChI is InChI=1S/C23H34N2O2/c26-23(22-11-6-16-27-22)24-20-12-14-25(15-13-20)17-21(19-9-4-5-10-19)18-7-2-1-3-8-18/h1-3,7-8,19-22H,4-6,9-17H2,(H,24,26)/t21-,22+/m0/s1. The lowest BCUT2D eigenvalue weighted by Gasteiger charge is -2.36. The molecule has 2 aliphatic heterocycles. The lowest BCUT2D eigenvalue weighted by molar-refractivity contribution is -0.131. The molecule has 2 atom stereocenters. The van der Waals surface area contributed by atoms with Gasteiger partial charge in [-0.15, -0.1) is 0 Å². The van der Waals surface area contributed by atoms with Crippen molar-refractivity contribution in [3.63, 3.8) is 0 Å². The number of nitrogens with zero attached hydrogens (tertiary/aromatic N) is 1. The Labute approximate surface area is 163 Å². The smallest absolute Gasteiger partial charge is 0.249 e. The Morgan fingerprint density at radius 1 is 1.04 bits per heavy atom. The monoisotopic (exact) mass is 370 g/mol. The SMILES string of the molecule is O=C(NC1CCN(C[C@@H](c2ccccc2)C2CCCC2)CC1)[C@H]1CCCO1. The van der Waals surface area contributed by atoms with Crippen LogP contribution in [0.3, 0.4) is 0 Å². The van der Waals surface area contributed by atoms with Crippen LogP contribution in [0.4, 0.5) is 0 Å². The Kier molecular flexibility index (Phi) is 6.46. The van der Waals surface area contributed by atoms with Crippen LogP contribution in [-0.2, 0) is 9.53 Å². The highest BCUT2D eigenvalue weighted by atomic mass is 16.5. The van der Waals surface area contributed by atoms with Crippen LogP contribution in [0.5, 0.6) is 0 Å². The van der Waals surface area contributed by atoms with Crippen LogP contribution in [0.15, 0.2) is 30.3 Å². The minimum Gasteiger partial charge on any atom is -0.368 e. The summed E-state index contributed by atoms with van der Waals surface area (Å²) in [6.07, 6.45) is 9.36. The second-order valence-electron chi connectivity index (χ2n) is 8.65. The van der Waals surface area contributed by atoms with Gasteiger partial charge in [0.05, 0.1) is 0 Å². The van der Waals surface area contributed by atoms with Gasteiger partial charge in [0, 0.05) is 32.3 Å². The zero-order valence-electron chi connectivity index (χ0n) is 16.4. The van der Waals surface area contributed by atoms with Crippen LogP contribution in [0.1, 0.15) is 62.8 Å². The number of hydrogen-bond acceptors (Lipinski definition) is 3. The average Bonchev–Trinajstić information content (AvgIpc) is 3.42. The molecule has 4 rings (SSSR count). The van der Waals surface area contributed by atoms with Gasteiger partial charge >= 0.3 is 0 Å². The first-order chi connectivity index (χ1) is 13.3. The first kappa shape index (κ1) is 18.9. The molecular formula is C23H34N2O2. The maximum atomic E-state index is 12.3. The number of ether oxygens (including phenoxy) is 1. The van der Waals surface area contributed by atoms with Gasteiger partial charge in [0.1, 0.15) is 6.10 Å². The summed E-state index contributed by atoms with van der Waals surface area (Å²) in [5.41, 5.74) is 1.51. The number of amides is 1. The lowest BCUT2D eigenvalue weighted by atomic mass is 9.84. The van der Waals surface area contributed by atoms with Crippen LogP contribution in [0, 0.1) is 5.92 Å². The molecule has 27 heavy (non-hydrogen) atoms. The fourth-order valence-electron chi connectivity index (χ4n) is 5.20. The molecule has 148 valence electrons. The Hall–Kier alpha value is -1.39. The van der Waals surface area contributed by atoms with E-state index in [9.17, 15) is 4.79 Å². The first-order valence-corrected chi connectivity index (χ1v) is 11.0. The zero-order valence-corrected chi connectivity index (χ0v) is 16.4. The minimum atomic E-state index is -0.201. The van der Waals surface area contributed by atoms with Gasteiger partial charge in [-0.25, -0.2) is 0 Å². The van der Waals surface area contributed by atoms with Gasteiger partial charge in [-0.2, -0.15) is 0 Å². The van der Waals surface area contributed by atoms with Crippen LogP contribution < -0.4 is 5.32 Å². The molecule has 0 bridgehead atoms. The predicted octanol–water partition coefficient (Wildman–Crippen LogP) is 3.72. The van der Waals surface area contributed by atoms with Crippen LogP contribution in [-0.4, -0.2) is 49.2 Å². The summed E-state index contributed by atoms with van der Waals surface area (Å²) in [7, 11) is 0. The van der Waals surface area contributed by atoms with Gasteiger partial charge in [0.15, 0.2) is 0 Å². The molecule has 1 aromatic carbocycles. The summed E-state index contributed by atoms with van der Waals surface area (Å²) in [4.78, 5) is 14.9. The predicted molar refractivity (Wildman–Crippen MR) is 108 cm³/mol. The van der Waals surface area contributed by atoms with Crippen molar-refractivity contribution in [3.8, 4) is 0 Å². The van der Waals surface area contributed by atoms with Crippen LogP contribution in [0.25, 0.3) is 0 Å². The highest BCUT2D eigenvalue weighted by molar-refractivity contribution is 5.81. The topological polar surface area (TPSA) is 41.6 Å². The number of piperidine rings is 1. The summed E-state index contributed by atoms with van der Waals surface area (Å²) in [6.45, 7) is 4.08. The third-order valence-electron chi connectivity index (χ3n) is 6.81. The summed E-state index contributed by atoms with van der Waals surface area (Å²) in [6, 6.07) is 11.4. The van der Waals surface area contributed by atoms with Crippen LogP contribution in [0.2, 0.25) is 0 Å². The maximum Gasteiger partial charge on any atom is 0.249 e. The van der Waals surface area contributed by atoms with E-state index in [1.807, 2.05) is 0 Å². The molecule has 0 aromatic heterocycles. The van der Waals surface area contributed by atoms with Crippen molar-refractivity contribution in [2.24, 2.45) is 5.92 Å². The number of likely N-dealkylation sites (tertiary alicyclic amines) is 1.